The van der Waals surface area contributed by atoms with Crippen molar-refractivity contribution in [3.63, 3.8) is 0 Å². The van der Waals surface area contributed by atoms with E-state index in [1.807, 2.05) is 0 Å². The third kappa shape index (κ3) is 4.71. The van der Waals surface area contributed by atoms with E-state index < -0.39 is 0 Å². The molecule has 11 aromatic rings. The number of benzene rings is 10. The van der Waals surface area contributed by atoms with Gasteiger partial charge in [-0.3, -0.25) is 0 Å². The average Bonchev–Trinajstić information content (AvgIpc) is 3.72. The van der Waals surface area contributed by atoms with Crippen molar-refractivity contribution in [1.29, 1.82) is 0 Å². The third-order valence-electron chi connectivity index (χ3n) is 12.7. The molecule has 0 saturated carbocycles. The minimum atomic E-state index is -0.0944. The topological polar surface area (TPSA) is 8.17 Å². The van der Waals surface area contributed by atoms with Gasteiger partial charge in [0.15, 0.2) is 0 Å². The Bertz CT molecular complexity index is 3300. The second-order valence-corrected chi connectivity index (χ2v) is 16.2. The molecule has 0 spiro atoms. The molecule has 1 aliphatic carbocycles. The summed E-state index contributed by atoms with van der Waals surface area (Å²) in [4.78, 5) is 2.42. The second kappa shape index (κ2) is 11.9. The first kappa shape index (κ1) is 32.1. The van der Waals surface area contributed by atoms with Crippen LogP contribution in [0.5, 0.6) is 0 Å². The SMILES string of the molecule is CC1(C)c2ccccc2-c2ccc(N(c3ccc(-c4ccccc4)cc3)c3ccc4c(ccc5cc(-n6c7cccc8ccc9cccc6c9c87)ccc54)c3)cc21. The van der Waals surface area contributed by atoms with E-state index >= 15 is 0 Å². The van der Waals surface area contributed by atoms with E-state index in [9.17, 15) is 0 Å². The Hall–Kier alpha value is -7.16. The van der Waals surface area contributed by atoms with Crippen LogP contribution in [0.4, 0.5) is 17.1 Å². The van der Waals surface area contributed by atoms with E-state index in [-0.39, 0.29) is 5.41 Å². The van der Waals surface area contributed by atoms with Crippen LogP contribution in [0.2, 0.25) is 0 Å². The highest BCUT2D eigenvalue weighted by Crippen LogP contribution is 2.51. The zero-order valence-corrected chi connectivity index (χ0v) is 31.9. The molecule has 1 heterocycles. The molecule has 0 radical (unpaired) electrons. The lowest BCUT2D eigenvalue weighted by Crippen LogP contribution is -2.16. The Morgan fingerprint density at radius 1 is 0.386 bits per heavy atom. The van der Waals surface area contributed by atoms with Gasteiger partial charge in [-0.05, 0) is 126 Å². The summed E-state index contributed by atoms with van der Waals surface area (Å²) in [5.41, 5.74) is 14.9. The highest BCUT2D eigenvalue weighted by atomic mass is 15.1. The largest absolute Gasteiger partial charge is 0.310 e. The lowest BCUT2D eigenvalue weighted by Gasteiger charge is -2.28. The quantitative estimate of drug-likeness (QED) is 0.160. The molecule has 0 unspecified atom stereocenters. The molecule has 0 saturated heterocycles. The fraction of sp³-hybridized carbons (Fsp3) is 0.0545. The van der Waals surface area contributed by atoms with E-state index in [0.29, 0.717) is 0 Å². The summed E-state index contributed by atoms with van der Waals surface area (Å²) in [6, 6.07) is 71.9. The molecule has 2 nitrogen and oxygen atoms in total. The first-order valence-corrected chi connectivity index (χ1v) is 19.9. The van der Waals surface area contributed by atoms with Crippen LogP contribution < -0.4 is 4.90 Å². The fourth-order valence-corrected chi connectivity index (χ4v) is 9.93. The van der Waals surface area contributed by atoms with E-state index in [1.54, 1.807) is 0 Å². The van der Waals surface area contributed by atoms with Gasteiger partial charge < -0.3 is 9.47 Å². The Labute approximate surface area is 331 Å². The van der Waals surface area contributed by atoms with Gasteiger partial charge >= 0.3 is 0 Å². The average molecular weight is 727 g/mol. The van der Waals surface area contributed by atoms with Crippen LogP contribution in [0.1, 0.15) is 25.0 Å². The number of fused-ring (bicyclic) bond motifs is 6. The second-order valence-electron chi connectivity index (χ2n) is 16.2. The number of hydrogen-bond acceptors (Lipinski definition) is 1. The first-order valence-electron chi connectivity index (χ1n) is 19.9. The Balaban J connectivity index is 0.992. The van der Waals surface area contributed by atoms with Gasteiger partial charge in [-0.2, -0.15) is 0 Å². The maximum Gasteiger partial charge on any atom is 0.0547 e. The molecule has 0 fully saturated rings. The molecule has 0 aliphatic heterocycles. The molecule has 0 amide bonds. The summed E-state index contributed by atoms with van der Waals surface area (Å²) in [6.07, 6.45) is 0. The highest BCUT2D eigenvalue weighted by molar-refractivity contribution is 6.24. The molecule has 0 atom stereocenters. The van der Waals surface area contributed by atoms with Crippen molar-refractivity contribution in [3.8, 4) is 27.9 Å². The smallest absolute Gasteiger partial charge is 0.0547 e. The molecule has 1 aromatic heterocycles. The third-order valence-corrected chi connectivity index (χ3v) is 12.7. The van der Waals surface area contributed by atoms with Crippen LogP contribution in [0.25, 0.3) is 82.1 Å². The van der Waals surface area contributed by atoms with Crippen LogP contribution in [0, 0.1) is 0 Å². The van der Waals surface area contributed by atoms with Crippen LogP contribution in [-0.2, 0) is 5.41 Å². The molecule has 12 rings (SSSR count). The lowest BCUT2D eigenvalue weighted by molar-refractivity contribution is 0.660. The van der Waals surface area contributed by atoms with E-state index in [1.165, 1.54) is 93.2 Å². The summed E-state index contributed by atoms with van der Waals surface area (Å²) in [6.45, 7) is 4.71. The summed E-state index contributed by atoms with van der Waals surface area (Å²) >= 11 is 0. The minimum Gasteiger partial charge on any atom is -0.310 e. The van der Waals surface area contributed by atoms with Gasteiger partial charge in [-0.25, -0.2) is 0 Å². The van der Waals surface area contributed by atoms with Crippen molar-refractivity contribution >= 4 is 71.2 Å². The summed E-state index contributed by atoms with van der Waals surface area (Å²) in [5.74, 6) is 0. The van der Waals surface area contributed by atoms with Crippen LogP contribution in [-0.4, -0.2) is 4.57 Å². The monoisotopic (exact) mass is 726 g/mol. The zero-order chi connectivity index (χ0) is 37.8. The highest BCUT2D eigenvalue weighted by Gasteiger charge is 2.35. The number of aromatic nitrogens is 1. The van der Waals surface area contributed by atoms with Crippen LogP contribution >= 0.6 is 0 Å². The number of rotatable bonds is 5. The molecule has 57 heavy (non-hydrogen) atoms. The van der Waals surface area contributed by atoms with Gasteiger partial charge in [0, 0.05) is 38.9 Å². The van der Waals surface area contributed by atoms with Crippen molar-refractivity contribution in [1.82, 2.24) is 4.57 Å². The van der Waals surface area contributed by atoms with Gasteiger partial charge in [-0.15, -0.1) is 0 Å². The van der Waals surface area contributed by atoms with Crippen molar-refractivity contribution in [2.24, 2.45) is 0 Å². The fourth-order valence-electron chi connectivity index (χ4n) is 9.93. The molecular formula is C55H38N2. The Kier molecular flexibility index (Phi) is 6.72. The van der Waals surface area contributed by atoms with Gasteiger partial charge in [0.05, 0.1) is 11.0 Å². The van der Waals surface area contributed by atoms with Gasteiger partial charge in [0.1, 0.15) is 0 Å². The van der Waals surface area contributed by atoms with Gasteiger partial charge in [0.25, 0.3) is 0 Å². The Morgan fingerprint density at radius 2 is 0.947 bits per heavy atom. The maximum absolute atomic E-state index is 2.44. The predicted molar refractivity (Wildman–Crippen MR) is 242 cm³/mol. The van der Waals surface area contributed by atoms with Crippen molar-refractivity contribution in [2.45, 2.75) is 19.3 Å². The first-order chi connectivity index (χ1) is 28.0. The summed E-state index contributed by atoms with van der Waals surface area (Å²) in [5, 5.41) is 10.2. The lowest BCUT2D eigenvalue weighted by atomic mass is 9.82. The molecule has 1 aliphatic rings. The van der Waals surface area contributed by atoms with Crippen molar-refractivity contribution in [3.05, 3.63) is 205 Å². The molecule has 0 bridgehead atoms. The normalized spacial score (nSPS) is 13.2. The van der Waals surface area contributed by atoms with Crippen molar-refractivity contribution in [2.75, 3.05) is 4.90 Å². The Morgan fingerprint density at radius 3 is 1.68 bits per heavy atom. The zero-order valence-electron chi connectivity index (χ0n) is 31.9. The predicted octanol–water partition coefficient (Wildman–Crippen LogP) is 15.1. The summed E-state index contributed by atoms with van der Waals surface area (Å²) in [7, 11) is 0. The van der Waals surface area contributed by atoms with E-state index in [4.69, 9.17) is 0 Å². The molecule has 268 valence electrons. The van der Waals surface area contributed by atoms with Gasteiger partial charge in [0.2, 0.25) is 0 Å². The standard InChI is InChI=1S/C55H38N2/c1-55(2)49-15-7-6-14-47(49)48-31-28-44(34-50(48)55)56(41-24-22-36(23-25-41)35-10-4-3-5-11-35)42-26-29-45-39(32-42)20-21-40-33-43(27-30-46(40)45)57-51-16-8-12-37-18-19-38-13-9-17-52(57)54(38)53(37)51/h3-34H,1-2H3. The molecular weight excluding hydrogens is 689 g/mol. The van der Waals surface area contributed by atoms with Crippen molar-refractivity contribution < 1.29 is 0 Å². The maximum atomic E-state index is 2.44. The van der Waals surface area contributed by atoms with Crippen LogP contribution in [0.15, 0.2) is 194 Å². The molecule has 2 heteroatoms. The molecule has 0 N–H and O–H groups in total. The summed E-state index contributed by atoms with van der Waals surface area (Å²) < 4.78 is 2.44. The minimum absolute atomic E-state index is 0.0944. The van der Waals surface area contributed by atoms with Crippen LogP contribution in [0.3, 0.4) is 0 Å². The van der Waals surface area contributed by atoms with E-state index in [0.717, 1.165) is 17.1 Å². The van der Waals surface area contributed by atoms with Gasteiger partial charge in [-0.1, -0.05) is 147 Å². The number of anilines is 3. The number of hydrogen-bond donors (Lipinski definition) is 0. The molecule has 10 aromatic carbocycles. The van der Waals surface area contributed by atoms with E-state index in [2.05, 4.69) is 217 Å². The number of nitrogens with zero attached hydrogens (tertiary/aromatic N) is 2.